The number of anilines is 1. The minimum atomic E-state index is -0.0241. The van der Waals surface area contributed by atoms with Gasteiger partial charge in [-0.15, -0.1) is 0 Å². The number of hydrogen-bond donors (Lipinski definition) is 2. The van der Waals surface area contributed by atoms with E-state index in [1.807, 2.05) is 50.2 Å². The first kappa shape index (κ1) is 16.5. The molecule has 1 heterocycles. The summed E-state index contributed by atoms with van der Waals surface area (Å²) < 4.78 is 0.913. The number of pyridine rings is 1. The molecule has 1 aromatic carbocycles. The maximum absolute atomic E-state index is 11.8. The number of aromatic nitrogens is 1. The molecule has 1 aromatic heterocycles. The molecule has 2 N–H and O–H groups in total. The van der Waals surface area contributed by atoms with Crippen molar-refractivity contribution in [3.63, 3.8) is 0 Å². The minimum Gasteiger partial charge on any atom is -0.375 e. The topological polar surface area (TPSA) is 54.0 Å². The molecule has 4 nitrogen and oxygen atoms in total. The number of hydrogen-bond acceptors (Lipinski definition) is 3. The lowest BCUT2D eigenvalue weighted by Gasteiger charge is -2.21. The van der Waals surface area contributed by atoms with E-state index in [2.05, 4.69) is 31.5 Å². The molecule has 1 amide bonds. The molecule has 1 atom stereocenters. The van der Waals surface area contributed by atoms with Crippen LogP contribution in [0.4, 0.5) is 5.69 Å². The molecular formula is C17H20BrN3O. The van der Waals surface area contributed by atoms with Gasteiger partial charge in [-0.3, -0.25) is 9.78 Å². The highest BCUT2D eigenvalue weighted by Gasteiger charge is 2.14. The Bertz CT molecular complexity index is 616. The average molecular weight is 362 g/mol. The molecule has 2 rings (SSSR count). The molecule has 0 aliphatic heterocycles. The summed E-state index contributed by atoms with van der Waals surface area (Å²) in [6, 6.07) is 12.0. The van der Waals surface area contributed by atoms with Crippen molar-refractivity contribution in [3.8, 4) is 0 Å². The van der Waals surface area contributed by atoms with Gasteiger partial charge in [-0.05, 0) is 27.6 Å². The van der Waals surface area contributed by atoms with Crippen LogP contribution in [0.2, 0.25) is 0 Å². The number of nitrogens with zero attached hydrogens (tertiary/aromatic N) is 1. The molecule has 116 valence electrons. The summed E-state index contributed by atoms with van der Waals surface area (Å²) in [5.74, 6) is 0.0269. The lowest BCUT2D eigenvalue weighted by Crippen LogP contribution is -2.34. The van der Waals surface area contributed by atoms with Crippen molar-refractivity contribution in [2.45, 2.75) is 19.9 Å². The van der Waals surface area contributed by atoms with E-state index in [-0.39, 0.29) is 17.9 Å². The highest BCUT2D eigenvalue weighted by atomic mass is 79.9. The number of rotatable bonds is 6. The van der Waals surface area contributed by atoms with Gasteiger partial charge < -0.3 is 10.6 Å². The predicted molar refractivity (Wildman–Crippen MR) is 92.6 cm³/mol. The Kier molecular flexibility index (Phi) is 5.95. The molecule has 0 radical (unpaired) electrons. The van der Waals surface area contributed by atoms with Gasteiger partial charge in [-0.2, -0.15) is 0 Å². The van der Waals surface area contributed by atoms with Crippen molar-refractivity contribution >= 4 is 27.5 Å². The summed E-state index contributed by atoms with van der Waals surface area (Å²) in [7, 11) is 0. The number of amides is 1. The van der Waals surface area contributed by atoms with E-state index in [1.165, 1.54) is 0 Å². The van der Waals surface area contributed by atoms with Crippen molar-refractivity contribution in [3.05, 3.63) is 58.8 Å². The quantitative estimate of drug-likeness (QED) is 0.823. The molecule has 0 spiro atoms. The number of benzene rings is 1. The standard InChI is InChI=1S/C17H20BrN3O/c1-12(2)17(22)20-11-16(13-6-4-3-5-7-13)21-15-8-14(18)9-19-10-15/h3-10,12,16,21H,11H2,1-2H3,(H,20,22)/t16-/m0/s1. The second-order valence-electron chi connectivity index (χ2n) is 5.40. The average Bonchev–Trinajstić information content (AvgIpc) is 2.52. The van der Waals surface area contributed by atoms with E-state index in [9.17, 15) is 4.79 Å². The van der Waals surface area contributed by atoms with Crippen LogP contribution in [0.15, 0.2) is 53.3 Å². The van der Waals surface area contributed by atoms with E-state index in [1.54, 1.807) is 12.4 Å². The van der Waals surface area contributed by atoms with Crippen LogP contribution in [0.5, 0.6) is 0 Å². The molecule has 22 heavy (non-hydrogen) atoms. The Morgan fingerprint density at radius 2 is 1.95 bits per heavy atom. The minimum absolute atomic E-state index is 0.0139. The number of carbonyl (C=O) groups is 1. The fourth-order valence-corrected chi connectivity index (χ4v) is 2.40. The smallest absolute Gasteiger partial charge is 0.222 e. The van der Waals surface area contributed by atoms with Crippen LogP contribution in [0.3, 0.4) is 0 Å². The Morgan fingerprint density at radius 1 is 1.23 bits per heavy atom. The third-order valence-electron chi connectivity index (χ3n) is 3.25. The summed E-state index contributed by atoms with van der Waals surface area (Å²) >= 11 is 3.42. The third kappa shape index (κ3) is 4.84. The predicted octanol–water partition coefficient (Wildman–Crippen LogP) is 3.77. The first-order valence-electron chi connectivity index (χ1n) is 7.26. The highest BCUT2D eigenvalue weighted by Crippen LogP contribution is 2.21. The van der Waals surface area contributed by atoms with E-state index >= 15 is 0 Å². The van der Waals surface area contributed by atoms with Crippen molar-refractivity contribution in [2.24, 2.45) is 5.92 Å². The Hall–Kier alpha value is -1.88. The molecule has 0 saturated heterocycles. The zero-order valence-electron chi connectivity index (χ0n) is 12.7. The lowest BCUT2D eigenvalue weighted by atomic mass is 10.1. The van der Waals surface area contributed by atoms with Gasteiger partial charge in [0.2, 0.25) is 5.91 Å². The van der Waals surface area contributed by atoms with Crippen molar-refractivity contribution in [1.82, 2.24) is 10.3 Å². The molecule has 2 aromatic rings. The monoisotopic (exact) mass is 361 g/mol. The van der Waals surface area contributed by atoms with Crippen LogP contribution < -0.4 is 10.6 Å². The van der Waals surface area contributed by atoms with Gasteiger partial charge in [-0.1, -0.05) is 44.2 Å². The normalized spacial score (nSPS) is 12.0. The highest BCUT2D eigenvalue weighted by molar-refractivity contribution is 9.10. The van der Waals surface area contributed by atoms with Gasteiger partial charge in [0.15, 0.2) is 0 Å². The fourth-order valence-electron chi connectivity index (χ4n) is 2.04. The summed E-state index contributed by atoms with van der Waals surface area (Å²) in [4.78, 5) is 16.0. The second-order valence-corrected chi connectivity index (χ2v) is 6.31. The van der Waals surface area contributed by atoms with Crippen molar-refractivity contribution in [1.29, 1.82) is 0 Å². The molecule has 0 fully saturated rings. The number of nitrogens with one attached hydrogen (secondary N) is 2. The Labute approximate surface area is 139 Å². The largest absolute Gasteiger partial charge is 0.375 e. The molecular weight excluding hydrogens is 342 g/mol. The van der Waals surface area contributed by atoms with Gasteiger partial charge >= 0.3 is 0 Å². The molecule has 0 unspecified atom stereocenters. The van der Waals surface area contributed by atoms with E-state index in [4.69, 9.17) is 0 Å². The summed E-state index contributed by atoms with van der Waals surface area (Å²) in [5.41, 5.74) is 2.02. The van der Waals surface area contributed by atoms with Crippen LogP contribution in [-0.4, -0.2) is 17.4 Å². The van der Waals surface area contributed by atoms with Crippen molar-refractivity contribution in [2.75, 3.05) is 11.9 Å². The van der Waals surface area contributed by atoms with Gasteiger partial charge in [0.25, 0.3) is 0 Å². The molecule has 0 bridgehead atoms. The van der Waals surface area contributed by atoms with Crippen LogP contribution >= 0.6 is 15.9 Å². The maximum atomic E-state index is 11.8. The van der Waals surface area contributed by atoms with Gasteiger partial charge in [-0.25, -0.2) is 0 Å². The van der Waals surface area contributed by atoms with Crippen LogP contribution in [-0.2, 0) is 4.79 Å². The zero-order chi connectivity index (χ0) is 15.9. The Balaban J connectivity index is 2.13. The van der Waals surface area contributed by atoms with E-state index in [0.717, 1.165) is 15.7 Å². The maximum Gasteiger partial charge on any atom is 0.222 e. The summed E-state index contributed by atoms with van der Waals surface area (Å²) in [5, 5.41) is 6.41. The van der Waals surface area contributed by atoms with E-state index < -0.39 is 0 Å². The molecule has 5 heteroatoms. The molecule has 0 aliphatic carbocycles. The molecule has 0 saturated carbocycles. The third-order valence-corrected chi connectivity index (χ3v) is 3.69. The van der Waals surface area contributed by atoms with Crippen molar-refractivity contribution < 1.29 is 4.79 Å². The van der Waals surface area contributed by atoms with Gasteiger partial charge in [0, 0.05) is 23.1 Å². The number of carbonyl (C=O) groups excluding carboxylic acids is 1. The van der Waals surface area contributed by atoms with Crippen LogP contribution in [0.25, 0.3) is 0 Å². The summed E-state index contributed by atoms with van der Waals surface area (Å²) in [6.07, 6.45) is 3.51. The SMILES string of the molecule is CC(C)C(=O)NC[C@H](Nc1cncc(Br)c1)c1ccccc1. The van der Waals surface area contributed by atoms with Crippen LogP contribution in [0, 0.1) is 5.92 Å². The zero-order valence-corrected chi connectivity index (χ0v) is 14.3. The molecule has 0 aliphatic rings. The fraction of sp³-hybridized carbons (Fsp3) is 0.294. The van der Waals surface area contributed by atoms with Crippen LogP contribution in [0.1, 0.15) is 25.5 Å². The number of halogens is 1. The lowest BCUT2D eigenvalue weighted by molar-refractivity contribution is -0.124. The first-order valence-corrected chi connectivity index (χ1v) is 8.05. The first-order chi connectivity index (χ1) is 10.6. The summed E-state index contributed by atoms with van der Waals surface area (Å²) in [6.45, 7) is 4.30. The second kappa shape index (κ2) is 7.94. The Morgan fingerprint density at radius 3 is 2.59 bits per heavy atom. The van der Waals surface area contributed by atoms with E-state index in [0.29, 0.717) is 6.54 Å². The van der Waals surface area contributed by atoms with Gasteiger partial charge in [0.05, 0.1) is 17.9 Å². The van der Waals surface area contributed by atoms with Gasteiger partial charge in [0.1, 0.15) is 0 Å².